The molecule has 0 saturated carbocycles. The van der Waals surface area contributed by atoms with Gasteiger partial charge in [-0.25, -0.2) is 4.68 Å². The molecule has 1 unspecified atom stereocenters. The lowest BCUT2D eigenvalue weighted by molar-refractivity contribution is 0.0932. The average Bonchev–Trinajstić information content (AvgIpc) is 3.20. The van der Waals surface area contributed by atoms with Gasteiger partial charge in [0, 0.05) is 30.0 Å². The summed E-state index contributed by atoms with van der Waals surface area (Å²) in [6.07, 6.45) is 3.56. The lowest BCUT2D eigenvalue weighted by atomic mass is 10.1. The molecule has 27 heavy (non-hydrogen) atoms. The molecule has 0 saturated heterocycles. The fourth-order valence-corrected chi connectivity index (χ4v) is 3.14. The number of carbonyl (C=O) groups is 1. The molecule has 2 aromatic heterocycles. The van der Waals surface area contributed by atoms with Gasteiger partial charge in [-0.3, -0.25) is 9.48 Å². The molecule has 7 nitrogen and oxygen atoms in total. The molecule has 0 spiro atoms. The highest BCUT2D eigenvalue weighted by atomic mass is 35.5. The maximum absolute atomic E-state index is 12.4. The van der Waals surface area contributed by atoms with E-state index >= 15 is 0 Å². The topological polar surface area (TPSA) is 74.0 Å². The molecule has 3 rings (SSSR count). The maximum Gasteiger partial charge on any atom is 0.272 e. The van der Waals surface area contributed by atoms with E-state index in [0.29, 0.717) is 21.5 Å². The number of nitrogens with zero attached hydrogens (tertiary/aromatic N) is 4. The van der Waals surface area contributed by atoms with E-state index in [0.717, 1.165) is 11.3 Å². The number of ether oxygens (including phenoxy) is 1. The van der Waals surface area contributed by atoms with Gasteiger partial charge in [0.1, 0.15) is 11.4 Å². The summed E-state index contributed by atoms with van der Waals surface area (Å²) in [6, 6.07) is 6.42. The third-order valence-electron chi connectivity index (χ3n) is 3.99. The molecule has 0 radical (unpaired) electrons. The van der Waals surface area contributed by atoms with Crippen molar-refractivity contribution in [3.8, 4) is 5.75 Å². The predicted octanol–water partition coefficient (Wildman–Crippen LogP) is 3.76. The molecule has 1 N–H and O–H groups in total. The Balaban J connectivity index is 1.61. The first-order valence-electron chi connectivity index (χ1n) is 8.26. The third-order valence-corrected chi connectivity index (χ3v) is 4.52. The summed E-state index contributed by atoms with van der Waals surface area (Å²) in [7, 11) is 1.85. The quantitative estimate of drug-likeness (QED) is 0.674. The number of nitrogens with one attached hydrogen (secondary N) is 1. The van der Waals surface area contributed by atoms with Crippen LogP contribution >= 0.6 is 23.2 Å². The van der Waals surface area contributed by atoms with Crippen LogP contribution in [0.25, 0.3) is 0 Å². The van der Waals surface area contributed by atoms with Crippen LogP contribution in [-0.2, 0) is 13.8 Å². The van der Waals surface area contributed by atoms with Crippen LogP contribution in [0, 0.1) is 6.92 Å². The van der Waals surface area contributed by atoms with E-state index in [-0.39, 0.29) is 18.7 Å². The van der Waals surface area contributed by atoms with Crippen molar-refractivity contribution in [3.05, 3.63) is 63.7 Å². The van der Waals surface area contributed by atoms with Gasteiger partial charge in [-0.05, 0) is 38.1 Å². The van der Waals surface area contributed by atoms with E-state index in [1.54, 1.807) is 35.1 Å². The van der Waals surface area contributed by atoms with Crippen molar-refractivity contribution < 1.29 is 9.53 Å². The summed E-state index contributed by atoms with van der Waals surface area (Å²) in [5.74, 6) is 0.220. The summed E-state index contributed by atoms with van der Waals surface area (Å²) in [4.78, 5) is 12.4. The van der Waals surface area contributed by atoms with Crippen molar-refractivity contribution in [2.75, 3.05) is 0 Å². The molecular weight excluding hydrogens is 389 g/mol. The van der Waals surface area contributed by atoms with E-state index < -0.39 is 0 Å². The number of carbonyl (C=O) groups excluding carboxylic acids is 1. The number of halogens is 2. The van der Waals surface area contributed by atoms with Crippen LogP contribution in [0.2, 0.25) is 10.0 Å². The van der Waals surface area contributed by atoms with Gasteiger partial charge in [-0.2, -0.15) is 10.2 Å². The molecule has 3 aromatic rings. The molecule has 0 bridgehead atoms. The number of benzene rings is 1. The van der Waals surface area contributed by atoms with Gasteiger partial charge in [-0.15, -0.1) is 0 Å². The Bertz CT molecular complexity index is 967. The van der Waals surface area contributed by atoms with Crippen LogP contribution in [0.4, 0.5) is 0 Å². The highest BCUT2D eigenvalue weighted by molar-refractivity contribution is 6.35. The first-order chi connectivity index (χ1) is 12.8. The lowest BCUT2D eigenvalue weighted by Gasteiger charge is -2.12. The van der Waals surface area contributed by atoms with Crippen molar-refractivity contribution in [3.63, 3.8) is 0 Å². The van der Waals surface area contributed by atoms with Crippen LogP contribution in [0.15, 0.2) is 36.7 Å². The van der Waals surface area contributed by atoms with Gasteiger partial charge >= 0.3 is 0 Å². The molecule has 1 amide bonds. The SMILES string of the molecule is Cc1nn(C)cc1C(C)NC(=O)c1ccn(COc2ccc(Cl)cc2Cl)n1. The molecule has 2 heterocycles. The van der Waals surface area contributed by atoms with Gasteiger partial charge < -0.3 is 10.1 Å². The van der Waals surface area contributed by atoms with Crippen LogP contribution in [0.1, 0.15) is 34.7 Å². The van der Waals surface area contributed by atoms with Gasteiger partial charge in [0.25, 0.3) is 5.91 Å². The Morgan fingerprint density at radius 2 is 2.07 bits per heavy atom. The summed E-state index contributed by atoms with van der Waals surface area (Å²) in [5, 5.41) is 12.4. The average molecular weight is 408 g/mol. The molecule has 0 aliphatic rings. The van der Waals surface area contributed by atoms with Crippen molar-refractivity contribution in [1.29, 1.82) is 0 Å². The van der Waals surface area contributed by atoms with Crippen molar-refractivity contribution in [2.45, 2.75) is 26.6 Å². The first kappa shape index (κ1) is 19.3. The Morgan fingerprint density at radius 3 is 2.74 bits per heavy atom. The van der Waals surface area contributed by atoms with Crippen molar-refractivity contribution in [2.24, 2.45) is 7.05 Å². The first-order valence-corrected chi connectivity index (χ1v) is 9.01. The molecule has 142 valence electrons. The number of aryl methyl sites for hydroxylation is 2. The molecule has 1 atom stereocenters. The van der Waals surface area contributed by atoms with Gasteiger partial charge in [0.05, 0.1) is 16.8 Å². The minimum Gasteiger partial charge on any atom is -0.470 e. The van der Waals surface area contributed by atoms with E-state index in [1.165, 1.54) is 4.68 Å². The molecule has 9 heteroatoms. The third kappa shape index (κ3) is 4.61. The number of aromatic nitrogens is 4. The fourth-order valence-electron chi connectivity index (χ4n) is 2.67. The van der Waals surface area contributed by atoms with Gasteiger partial charge in [-0.1, -0.05) is 23.2 Å². The Kier molecular flexibility index (Phi) is 5.72. The summed E-state index contributed by atoms with van der Waals surface area (Å²) < 4.78 is 8.84. The zero-order valence-corrected chi connectivity index (χ0v) is 16.6. The number of amides is 1. The molecular formula is C18H19Cl2N5O2. The second-order valence-electron chi connectivity index (χ2n) is 6.13. The van der Waals surface area contributed by atoms with E-state index in [1.807, 2.05) is 27.1 Å². The number of rotatable bonds is 6. The number of hydrogen-bond acceptors (Lipinski definition) is 4. The Hall–Kier alpha value is -2.51. The molecule has 1 aromatic carbocycles. The fraction of sp³-hybridized carbons (Fsp3) is 0.278. The summed E-state index contributed by atoms with van der Waals surface area (Å²) >= 11 is 11.9. The molecule has 0 fully saturated rings. The zero-order valence-electron chi connectivity index (χ0n) is 15.1. The second kappa shape index (κ2) is 8.02. The Labute approximate surface area is 166 Å². The van der Waals surface area contributed by atoms with Gasteiger partial charge in [0.15, 0.2) is 6.73 Å². The smallest absolute Gasteiger partial charge is 0.272 e. The van der Waals surface area contributed by atoms with Crippen LogP contribution < -0.4 is 10.1 Å². The molecule has 0 aliphatic carbocycles. The van der Waals surface area contributed by atoms with Crippen LogP contribution in [-0.4, -0.2) is 25.5 Å². The van der Waals surface area contributed by atoms with Gasteiger partial charge in [0.2, 0.25) is 0 Å². The minimum atomic E-state index is -0.269. The van der Waals surface area contributed by atoms with Crippen LogP contribution in [0.5, 0.6) is 5.75 Å². The standard InChI is InChI=1S/C18H19Cl2N5O2/c1-11(14-9-24(3)22-12(14)2)21-18(26)16-6-7-25(23-16)10-27-17-5-4-13(19)8-15(17)20/h4-9,11H,10H2,1-3H3,(H,21,26). The lowest BCUT2D eigenvalue weighted by Crippen LogP contribution is -2.27. The number of hydrogen-bond donors (Lipinski definition) is 1. The van der Waals surface area contributed by atoms with E-state index in [4.69, 9.17) is 27.9 Å². The maximum atomic E-state index is 12.4. The van der Waals surface area contributed by atoms with Crippen molar-refractivity contribution >= 4 is 29.1 Å². The highest BCUT2D eigenvalue weighted by Crippen LogP contribution is 2.27. The summed E-state index contributed by atoms with van der Waals surface area (Å²) in [5.41, 5.74) is 2.14. The van der Waals surface area contributed by atoms with E-state index in [2.05, 4.69) is 15.5 Å². The predicted molar refractivity (Wildman–Crippen MR) is 103 cm³/mol. The summed E-state index contributed by atoms with van der Waals surface area (Å²) in [6.45, 7) is 3.93. The van der Waals surface area contributed by atoms with Crippen molar-refractivity contribution in [1.82, 2.24) is 24.9 Å². The minimum absolute atomic E-state index is 0.117. The highest BCUT2D eigenvalue weighted by Gasteiger charge is 2.17. The second-order valence-corrected chi connectivity index (χ2v) is 6.97. The van der Waals surface area contributed by atoms with Crippen LogP contribution in [0.3, 0.4) is 0 Å². The molecule has 0 aliphatic heterocycles. The largest absolute Gasteiger partial charge is 0.470 e. The monoisotopic (exact) mass is 407 g/mol. The zero-order chi connectivity index (χ0) is 19.6. The Morgan fingerprint density at radius 1 is 1.30 bits per heavy atom. The normalized spacial score (nSPS) is 12.0. The van der Waals surface area contributed by atoms with E-state index in [9.17, 15) is 4.79 Å².